The summed E-state index contributed by atoms with van der Waals surface area (Å²) in [4.78, 5) is 9.20. The maximum absolute atomic E-state index is 10.1. The third-order valence-electron chi connectivity index (χ3n) is 4.89. The lowest BCUT2D eigenvalue weighted by molar-refractivity contribution is 0.340. The van der Waals surface area contributed by atoms with Gasteiger partial charge in [-0.2, -0.15) is 5.10 Å². The van der Waals surface area contributed by atoms with Crippen molar-refractivity contribution in [3.63, 3.8) is 0 Å². The van der Waals surface area contributed by atoms with Crippen LogP contribution in [-0.4, -0.2) is 48.7 Å². The van der Waals surface area contributed by atoms with E-state index in [1.807, 2.05) is 35.0 Å². The minimum absolute atomic E-state index is 0.0706. The van der Waals surface area contributed by atoms with Crippen LogP contribution in [0.5, 0.6) is 17.2 Å². The minimum atomic E-state index is -0.0706. The molecule has 0 amide bonds. The Hall–Kier alpha value is -4.14. The molecule has 0 fully saturated rings. The van der Waals surface area contributed by atoms with Crippen LogP contribution in [0.25, 0.3) is 28.1 Å². The zero-order valence-electron chi connectivity index (χ0n) is 16.4. The first kappa shape index (κ1) is 17.9. The summed E-state index contributed by atoms with van der Waals surface area (Å²) in [5.41, 5.74) is 3.15. The Kier molecular flexibility index (Phi) is 4.20. The van der Waals surface area contributed by atoms with Crippen LogP contribution in [0.3, 0.4) is 0 Å². The van der Waals surface area contributed by atoms with Gasteiger partial charge in [0, 0.05) is 5.56 Å². The number of methoxy groups -OCH3 is 2. The number of ether oxygens (including phenoxy) is 2. The lowest BCUT2D eigenvalue weighted by Gasteiger charge is -2.09. The molecule has 0 saturated carbocycles. The number of aromatic nitrogens is 6. The third-order valence-corrected chi connectivity index (χ3v) is 4.89. The van der Waals surface area contributed by atoms with Gasteiger partial charge in [-0.25, -0.2) is 19.2 Å². The van der Waals surface area contributed by atoms with Crippen molar-refractivity contribution >= 4 is 16.7 Å². The van der Waals surface area contributed by atoms with Crippen LogP contribution in [0.4, 0.5) is 0 Å². The van der Waals surface area contributed by atoms with Crippen molar-refractivity contribution in [2.45, 2.75) is 6.54 Å². The Balaban J connectivity index is 1.61. The summed E-state index contributed by atoms with van der Waals surface area (Å²) in [5, 5.41) is 20.0. The molecule has 2 aromatic carbocycles. The summed E-state index contributed by atoms with van der Waals surface area (Å²) in [6.07, 6.45) is 3.36. The quantitative estimate of drug-likeness (QED) is 0.482. The van der Waals surface area contributed by atoms with Gasteiger partial charge < -0.3 is 14.6 Å². The van der Waals surface area contributed by atoms with Crippen LogP contribution in [0, 0.1) is 0 Å². The molecule has 3 aromatic heterocycles. The molecule has 5 rings (SSSR count). The minimum Gasteiger partial charge on any atom is -0.502 e. The molecule has 5 aromatic rings. The predicted molar refractivity (Wildman–Crippen MR) is 110 cm³/mol. The number of phenolic OH excluding ortho intramolecular Hbond substituents is 1. The summed E-state index contributed by atoms with van der Waals surface area (Å²) in [5.74, 6) is 0.944. The van der Waals surface area contributed by atoms with Gasteiger partial charge in [-0.05, 0) is 17.7 Å². The second-order valence-electron chi connectivity index (χ2n) is 6.70. The van der Waals surface area contributed by atoms with Crippen molar-refractivity contribution in [1.29, 1.82) is 0 Å². The van der Waals surface area contributed by atoms with Crippen molar-refractivity contribution in [3.05, 3.63) is 60.6 Å². The Morgan fingerprint density at radius 2 is 1.73 bits per heavy atom. The number of fused-ring (bicyclic) bond motifs is 3. The molecule has 150 valence electrons. The van der Waals surface area contributed by atoms with E-state index in [1.165, 1.54) is 14.2 Å². The molecule has 30 heavy (non-hydrogen) atoms. The molecule has 0 atom stereocenters. The van der Waals surface area contributed by atoms with Gasteiger partial charge in [0.2, 0.25) is 5.75 Å². The molecule has 0 spiro atoms. The predicted octanol–water partition coefficient (Wildman–Crippen LogP) is 2.91. The normalized spacial score (nSPS) is 11.3. The second kappa shape index (κ2) is 7.03. The van der Waals surface area contributed by atoms with Crippen LogP contribution >= 0.6 is 0 Å². The average Bonchev–Trinajstić information content (AvgIpc) is 3.39. The number of hydrogen-bond donors (Lipinski definition) is 1. The van der Waals surface area contributed by atoms with Crippen molar-refractivity contribution in [3.8, 4) is 28.6 Å². The molecule has 0 saturated heterocycles. The van der Waals surface area contributed by atoms with E-state index in [1.54, 1.807) is 29.2 Å². The molecule has 0 aliphatic rings. The number of benzene rings is 2. The zero-order chi connectivity index (χ0) is 20.7. The van der Waals surface area contributed by atoms with Crippen molar-refractivity contribution < 1.29 is 14.6 Å². The largest absolute Gasteiger partial charge is 0.502 e. The molecule has 0 unspecified atom stereocenters. The topological polar surface area (TPSA) is 99.6 Å². The molecule has 3 heterocycles. The number of rotatable bonds is 5. The van der Waals surface area contributed by atoms with E-state index in [2.05, 4.69) is 20.2 Å². The monoisotopic (exact) mass is 402 g/mol. The Bertz CT molecular complexity index is 1330. The molecule has 1 N–H and O–H groups in total. The fraction of sp³-hybridized carbons (Fsp3) is 0.143. The van der Waals surface area contributed by atoms with E-state index in [-0.39, 0.29) is 17.2 Å². The molecule has 0 radical (unpaired) electrons. The van der Waals surface area contributed by atoms with E-state index in [9.17, 15) is 5.11 Å². The maximum atomic E-state index is 10.1. The lowest BCUT2D eigenvalue weighted by atomic mass is 10.1. The second-order valence-corrected chi connectivity index (χ2v) is 6.70. The van der Waals surface area contributed by atoms with E-state index in [0.29, 0.717) is 23.6 Å². The number of aromatic hydroxyl groups is 1. The Labute approximate surface area is 171 Å². The molecule has 0 aliphatic heterocycles. The highest BCUT2D eigenvalue weighted by Gasteiger charge is 2.17. The SMILES string of the molecule is COc1cc(-c2nc3c4cnn(Cc5ccccc5)c4ncn3n2)cc(OC)c1O. The molecular weight excluding hydrogens is 384 g/mol. The lowest BCUT2D eigenvalue weighted by Crippen LogP contribution is -2.03. The van der Waals surface area contributed by atoms with Gasteiger partial charge in [-0.15, -0.1) is 5.10 Å². The van der Waals surface area contributed by atoms with Crippen molar-refractivity contribution in [2.75, 3.05) is 14.2 Å². The van der Waals surface area contributed by atoms with Gasteiger partial charge in [-0.3, -0.25) is 0 Å². The third kappa shape index (κ3) is 2.87. The highest BCUT2D eigenvalue weighted by atomic mass is 16.5. The first-order chi connectivity index (χ1) is 14.7. The van der Waals surface area contributed by atoms with Crippen LogP contribution in [0.15, 0.2) is 55.0 Å². The fourth-order valence-corrected chi connectivity index (χ4v) is 3.39. The van der Waals surface area contributed by atoms with Crippen LogP contribution in [0.2, 0.25) is 0 Å². The average molecular weight is 402 g/mol. The summed E-state index contributed by atoms with van der Waals surface area (Å²) in [6, 6.07) is 13.4. The standard InChI is InChI=1S/C21H18N6O3/c1-29-16-8-14(9-17(30-2)18(16)28)19-24-21-15-10-23-26(11-13-6-4-3-5-7-13)20(15)22-12-27(21)25-19/h3-10,12,28H,11H2,1-2H3. The first-order valence-corrected chi connectivity index (χ1v) is 9.24. The molecule has 9 nitrogen and oxygen atoms in total. The molecular formula is C21H18N6O3. The van der Waals surface area contributed by atoms with Gasteiger partial charge in [0.05, 0.1) is 32.3 Å². The molecule has 0 bridgehead atoms. The van der Waals surface area contributed by atoms with E-state index in [4.69, 9.17) is 9.47 Å². The van der Waals surface area contributed by atoms with Gasteiger partial charge in [0.15, 0.2) is 28.6 Å². The van der Waals surface area contributed by atoms with Crippen LogP contribution < -0.4 is 9.47 Å². The van der Waals surface area contributed by atoms with Gasteiger partial charge >= 0.3 is 0 Å². The van der Waals surface area contributed by atoms with Gasteiger partial charge in [0.25, 0.3) is 0 Å². The maximum Gasteiger partial charge on any atom is 0.200 e. The highest BCUT2D eigenvalue weighted by Crippen LogP contribution is 2.39. The molecule has 0 aliphatic carbocycles. The van der Waals surface area contributed by atoms with Gasteiger partial charge in [-0.1, -0.05) is 30.3 Å². The van der Waals surface area contributed by atoms with E-state index in [0.717, 1.165) is 16.6 Å². The number of nitrogens with zero attached hydrogens (tertiary/aromatic N) is 6. The Morgan fingerprint density at radius 1 is 1.00 bits per heavy atom. The summed E-state index contributed by atoms with van der Waals surface area (Å²) < 4.78 is 13.9. The summed E-state index contributed by atoms with van der Waals surface area (Å²) >= 11 is 0. The number of hydrogen-bond acceptors (Lipinski definition) is 7. The van der Waals surface area contributed by atoms with Gasteiger partial charge in [0.1, 0.15) is 6.33 Å². The van der Waals surface area contributed by atoms with Crippen molar-refractivity contribution in [1.82, 2.24) is 29.4 Å². The van der Waals surface area contributed by atoms with Crippen LogP contribution in [-0.2, 0) is 6.54 Å². The summed E-state index contributed by atoms with van der Waals surface area (Å²) in [7, 11) is 2.95. The van der Waals surface area contributed by atoms with Crippen molar-refractivity contribution in [2.24, 2.45) is 0 Å². The number of phenols is 1. The smallest absolute Gasteiger partial charge is 0.200 e. The fourth-order valence-electron chi connectivity index (χ4n) is 3.39. The van der Waals surface area contributed by atoms with E-state index < -0.39 is 0 Å². The van der Waals surface area contributed by atoms with E-state index >= 15 is 0 Å². The first-order valence-electron chi connectivity index (χ1n) is 9.24. The molecule has 9 heteroatoms. The zero-order valence-corrected chi connectivity index (χ0v) is 16.4. The highest BCUT2D eigenvalue weighted by molar-refractivity contribution is 5.89. The summed E-state index contributed by atoms with van der Waals surface area (Å²) in [6.45, 7) is 0.612. The Morgan fingerprint density at radius 3 is 2.43 bits per heavy atom. The van der Waals surface area contributed by atoms with Crippen LogP contribution in [0.1, 0.15) is 5.56 Å².